The van der Waals surface area contributed by atoms with Gasteiger partial charge in [0.2, 0.25) is 15.9 Å². The Morgan fingerprint density at radius 1 is 1.21 bits per heavy atom. The number of rotatable bonds is 8. The first-order chi connectivity index (χ1) is 16.0. The Labute approximate surface area is 195 Å². The van der Waals surface area contributed by atoms with Crippen LogP contribution in [0.5, 0.6) is 5.75 Å². The van der Waals surface area contributed by atoms with E-state index >= 15 is 0 Å². The molecule has 8 nitrogen and oxygen atoms in total. The van der Waals surface area contributed by atoms with Crippen molar-refractivity contribution in [2.45, 2.75) is 43.2 Å². The molecule has 1 aromatic carbocycles. The first kappa shape index (κ1) is 23.7. The molecule has 9 heteroatoms. The second kappa shape index (κ2) is 10.6. The first-order valence-electron chi connectivity index (χ1n) is 11.4. The smallest absolute Gasteiger partial charge is 0.244 e. The topological polar surface area (TPSA) is 89.0 Å². The van der Waals surface area contributed by atoms with Crippen molar-refractivity contribution in [3.63, 3.8) is 0 Å². The lowest BCUT2D eigenvalue weighted by Gasteiger charge is -2.34. The van der Waals surface area contributed by atoms with E-state index in [1.165, 1.54) is 10.5 Å². The summed E-state index contributed by atoms with van der Waals surface area (Å²) in [5.41, 5.74) is 0.997. The van der Waals surface area contributed by atoms with Crippen molar-refractivity contribution in [3.8, 4) is 5.75 Å². The number of hydrogen-bond acceptors (Lipinski definition) is 6. The van der Waals surface area contributed by atoms with E-state index in [1.807, 2.05) is 29.2 Å². The van der Waals surface area contributed by atoms with Crippen molar-refractivity contribution in [2.24, 2.45) is 5.92 Å². The molecule has 2 aliphatic rings. The number of nitrogens with zero attached hydrogens (tertiary/aromatic N) is 3. The van der Waals surface area contributed by atoms with Crippen molar-refractivity contribution in [3.05, 3.63) is 54.4 Å². The highest BCUT2D eigenvalue weighted by atomic mass is 32.2. The molecular formula is C24H31N3O5S. The van der Waals surface area contributed by atoms with E-state index in [4.69, 9.17) is 9.47 Å². The third kappa shape index (κ3) is 5.72. The number of hydrogen-bond donors (Lipinski definition) is 0. The maximum Gasteiger partial charge on any atom is 0.244 e. The third-order valence-electron chi connectivity index (χ3n) is 6.34. The van der Waals surface area contributed by atoms with Gasteiger partial charge in [0.05, 0.1) is 13.2 Å². The van der Waals surface area contributed by atoms with E-state index in [2.05, 4.69) is 4.98 Å². The Morgan fingerprint density at radius 3 is 2.70 bits per heavy atom. The molecule has 0 aliphatic carbocycles. The van der Waals surface area contributed by atoms with Crippen LogP contribution in [-0.4, -0.2) is 68.0 Å². The standard InChI is InChI=1S/C24H31N3O5S/c1-31-21-6-2-5-19(15-21)17-26(18-22-7-4-14-32-22)24(28)20-9-12-27(13-10-20)33(29,30)23-8-3-11-25-16-23/h2-3,5-6,8,11,15-16,20,22H,4,7,9-10,12-14,17-18H2,1H3. The minimum Gasteiger partial charge on any atom is -0.497 e. The quantitative estimate of drug-likeness (QED) is 0.586. The predicted octanol–water partition coefficient (Wildman–Crippen LogP) is 2.70. The average molecular weight is 474 g/mol. The molecule has 1 amide bonds. The van der Waals surface area contributed by atoms with Crippen LogP contribution in [0, 0.1) is 5.92 Å². The summed E-state index contributed by atoms with van der Waals surface area (Å²) in [6.07, 6.45) is 5.92. The molecule has 4 rings (SSSR count). The van der Waals surface area contributed by atoms with E-state index in [-0.39, 0.29) is 22.8 Å². The molecule has 2 saturated heterocycles. The van der Waals surface area contributed by atoms with Crippen LogP contribution in [-0.2, 0) is 26.1 Å². The minimum absolute atomic E-state index is 0.0469. The van der Waals surface area contributed by atoms with Gasteiger partial charge in [-0.15, -0.1) is 0 Å². The molecule has 1 atom stereocenters. The van der Waals surface area contributed by atoms with E-state index in [0.29, 0.717) is 39.0 Å². The molecule has 178 valence electrons. The highest BCUT2D eigenvalue weighted by molar-refractivity contribution is 7.89. The summed E-state index contributed by atoms with van der Waals surface area (Å²) in [6, 6.07) is 10.9. The van der Waals surface area contributed by atoms with Gasteiger partial charge in [0, 0.05) is 51.1 Å². The SMILES string of the molecule is COc1cccc(CN(CC2CCCO2)C(=O)C2CCN(S(=O)(=O)c3cccnc3)CC2)c1. The molecule has 1 unspecified atom stereocenters. The number of carbonyl (C=O) groups excluding carboxylic acids is 1. The molecule has 2 fully saturated rings. The van der Waals surface area contributed by atoms with Crippen molar-refractivity contribution >= 4 is 15.9 Å². The number of aromatic nitrogens is 1. The summed E-state index contributed by atoms with van der Waals surface area (Å²) in [7, 11) is -1.97. The van der Waals surface area contributed by atoms with Gasteiger partial charge in [-0.05, 0) is 55.5 Å². The molecule has 1 aromatic heterocycles. The predicted molar refractivity (Wildman–Crippen MR) is 123 cm³/mol. The molecule has 0 bridgehead atoms. The van der Waals surface area contributed by atoms with Crippen LogP contribution in [0.4, 0.5) is 0 Å². The lowest BCUT2D eigenvalue weighted by Crippen LogP contribution is -2.45. The number of sulfonamides is 1. The van der Waals surface area contributed by atoms with E-state index in [1.54, 1.807) is 25.4 Å². The zero-order valence-corrected chi connectivity index (χ0v) is 19.7. The highest BCUT2D eigenvalue weighted by Gasteiger charge is 2.35. The number of pyridine rings is 1. The zero-order valence-electron chi connectivity index (χ0n) is 18.9. The van der Waals surface area contributed by atoms with Gasteiger partial charge in [-0.1, -0.05) is 12.1 Å². The second-order valence-corrected chi connectivity index (χ2v) is 10.5. The fourth-order valence-electron chi connectivity index (χ4n) is 4.51. The van der Waals surface area contributed by atoms with Gasteiger partial charge in [-0.3, -0.25) is 9.78 Å². The molecule has 0 spiro atoms. The Morgan fingerprint density at radius 2 is 2.03 bits per heavy atom. The summed E-state index contributed by atoms with van der Waals surface area (Å²) in [4.78, 5) is 19.5. The number of carbonyl (C=O) groups is 1. The van der Waals surface area contributed by atoms with E-state index in [0.717, 1.165) is 30.8 Å². The lowest BCUT2D eigenvalue weighted by atomic mass is 9.96. The largest absolute Gasteiger partial charge is 0.497 e. The van der Waals surface area contributed by atoms with E-state index in [9.17, 15) is 13.2 Å². The summed E-state index contributed by atoms with van der Waals surface area (Å²) in [6.45, 7) is 2.39. The summed E-state index contributed by atoms with van der Waals surface area (Å²) in [5.74, 6) is 0.607. The van der Waals surface area contributed by atoms with Gasteiger partial charge < -0.3 is 14.4 Å². The molecular weight excluding hydrogens is 442 g/mol. The number of piperidine rings is 1. The van der Waals surface area contributed by atoms with Crippen LogP contribution in [0.3, 0.4) is 0 Å². The van der Waals surface area contributed by atoms with Crippen molar-refractivity contribution < 1.29 is 22.7 Å². The lowest BCUT2D eigenvalue weighted by molar-refractivity contribution is -0.139. The Balaban J connectivity index is 1.43. The molecule has 33 heavy (non-hydrogen) atoms. The van der Waals surface area contributed by atoms with Crippen molar-refractivity contribution in [2.75, 3.05) is 33.4 Å². The van der Waals surface area contributed by atoms with Gasteiger partial charge in [-0.2, -0.15) is 4.31 Å². The maximum absolute atomic E-state index is 13.5. The number of benzene rings is 1. The van der Waals surface area contributed by atoms with Crippen LogP contribution in [0.2, 0.25) is 0 Å². The van der Waals surface area contributed by atoms with Crippen LogP contribution in [0.15, 0.2) is 53.7 Å². The third-order valence-corrected chi connectivity index (χ3v) is 8.22. The molecule has 0 N–H and O–H groups in total. The van der Waals surface area contributed by atoms with Crippen LogP contribution >= 0.6 is 0 Å². The fraction of sp³-hybridized carbons (Fsp3) is 0.500. The van der Waals surface area contributed by atoms with Gasteiger partial charge in [0.15, 0.2) is 0 Å². The molecule has 0 saturated carbocycles. The molecule has 2 aliphatic heterocycles. The molecule has 3 heterocycles. The molecule has 0 radical (unpaired) electrons. The summed E-state index contributed by atoms with van der Waals surface area (Å²) in [5, 5.41) is 0. The highest BCUT2D eigenvalue weighted by Crippen LogP contribution is 2.27. The minimum atomic E-state index is -3.59. The number of methoxy groups -OCH3 is 1. The monoisotopic (exact) mass is 473 g/mol. The van der Waals surface area contributed by atoms with Crippen molar-refractivity contribution in [1.82, 2.24) is 14.2 Å². The fourth-order valence-corrected chi connectivity index (χ4v) is 5.94. The summed E-state index contributed by atoms with van der Waals surface area (Å²) < 4.78 is 38.4. The van der Waals surface area contributed by atoms with Gasteiger partial charge in [-0.25, -0.2) is 8.42 Å². The second-order valence-electron chi connectivity index (χ2n) is 8.57. The number of ether oxygens (including phenoxy) is 2. The normalized spacial score (nSPS) is 20.0. The van der Waals surface area contributed by atoms with Crippen molar-refractivity contribution in [1.29, 1.82) is 0 Å². The maximum atomic E-state index is 13.5. The van der Waals surface area contributed by atoms with Gasteiger partial charge in [0.25, 0.3) is 0 Å². The van der Waals surface area contributed by atoms with Gasteiger partial charge >= 0.3 is 0 Å². The first-order valence-corrected chi connectivity index (χ1v) is 12.8. The van der Waals surface area contributed by atoms with Crippen LogP contribution in [0.25, 0.3) is 0 Å². The zero-order chi connectivity index (χ0) is 23.3. The summed E-state index contributed by atoms with van der Waals surface area (Å²) >= 11 is 0. The van der Waals surface area contributed by atoms with Gasteiger partial charge in [0.1, 0.15) is 10.6 Å². The molecule has 2 aromatic rings. The van der Waals surface area contributed by atoms with Crippen LogP contribution in [0.1, 0.15) is 31.2 Å². The average Bonchev–Trinajstić information content (AvgIpc) is 3.37. The Hall–Kier alpha value is -2.49. The van der Waals surface area contributed by atoms with E-state index < -0.39 is 10.0 Å². The number of amides is 1. The van der Waals surface area contributed by atoms with Crippen LogP contribution < -0.4 is 4.74 Å². The Bertz CT molecular complexity index is 1030. The Kier molecular flexibility index (Phi) is 7.62.